The molecule has 22 heteroatoms. The molecule has 22 nitrogen and oxygen atoms in total. The van der Waals surface area contributed by atoms with E-state index in [2.05, 4.69) is 60.6 Å². The molecule has 76 heavy (non-hydrogen) atoms. The summed E-state index contributed by atoms with van der Waals surface area (Å²) in [7, 11) is 0. The van der Waals surface area contributed by atoms with Crippen molar-refractivity contribution < 1.29 is 109 Å². The fourth-order valence-electron chi connectivity index (χ4n) is 15.7. The lowest BCUT2D eigenvalue weighted by molar-refractivity contribution is -0.361. The molecule has 4 aliphatic heterocycles. The van der Waals surface area contributed by atoms with E-state index in [9.17, 15) is 66.4 Å². The summed E-state index contributed by atoms with van der Waals surface area (Å²) in [6.45, 7) is 15.3. The molecule has 4 heterocycles. The topological polar surface area (TPSA) is 354 Å². The molecule has 0 aromatic rings. The van der Waals surface area contributed by atoms with E-state index in [4.69, 9.17) is 37.9 Å². The summed E-state index contributed by atoms with van der Waals surface area (Å²) in [4.78, 5) is 15.1. The highest BCUT2D eigenvalue weighted by Crippen LogP contribution is 2.74. The van der Waals surface area contributed by atoms with Crippen LogP contribution in [0.3, 0.4) is 0 Å². The Kier molecular flexibility index (Phi) is 16.4. The summed E-state index contributed by atoms with van der Waals surface area (Å²) in [5.74, 6) is -0.334. The number of rotatable bonds is 11. The molecule has 0 aromatic carbocycles. The summed E-state index contributed by atoms with van der Waals surface area (Å²) < 4.78 is 47.1. The van der Waals surface area contributed by atoms with Gasteiger partial charge in [0, 0.05) is 0 Å². The highest BCUT2D eigenvalue weighted by atomic mass is 16.8. The minimum absolute atomic E-state index is 0.127. The second kappa shape index (κ2) is 21.2. The zero-order valence-corrected chi connectivity index (χ0v) is 44.9. The quantitative estimate of drug-likeness (QED) is 0.0864. The number of aliphatic hydroxyl groups excluding tert-OH is 13. The van der Waals surface area contributed by atoms with E-state index >= 15 is 4.79 Å². The molecule has 0 aromatic heterocycles. The Morgan fingerprint density at radius 1 is 0.592 bits per heavy atom. The minimum atomic E-state index is -1.88. The van der Waals surface area contributed by atoms with Crippen molar-refractivity contribution in [2.24, 2.45) is 44.3 Å². The third-order valence-electron chi connectivity index (χ3n) is 20.7. The highest BCUT2D eigenvalue weighted by Gasteiger charge is 2.68. The molecule has 9 rings (SSSR count). The van der Waals surface area contributed by atoms with Gasteiger partial charge < -0.3 is 104 Å². The Morgan fingerprint density at radius 2 is 1.16 bits per heavy atom. The smallest absolute Gasteiger partial charge is 0.318 e. The van der Waals surface area contributed by atoms with Crippen molar-refractivity contribution in [3.05, 3.63) is 23.3 Å². The van der Waals surface area contributed by atoms with Crippen molar-refractivity contribution >= 4 is 5.97 Å². The molecule has 434 valence electrons. The largest absolute Gasteiger partial charge is 0.432 e. The van der Waals surface area contributed by atoms with E-state index in [1.165, 1.54) is 6.92 Å². The summed E-state index contributed by atoms with van der Waals surface area (Å²) in [6.07, 6.45) is -21.2. The van der Waals surface area contributed by atoms with Crippen LogP contribution in [0.2, 0.25) is 0 Å². The number of hydrogen-bond acceptors (Lipinski definition) is 22. The lowest BCUT2D eigenvalue weighted by atomic mass is 9.35. The first-order chi connectivity index (χ1) is 35.5. The summed E-state index contributed by atoms with van der Waals surface area (Å²) in [5.41, 5.74) is -0.439. The first-order valence-corrected chi connectivity index (χ1v) is 27.4. The number of aliphatic hydroxyl groups is 13. The Morgan fingerprint density at radius 3 is 1.82 bits per heavy atom. The number of esters is 1. The SMILES string of the molecule is C[C@@H]1O[C@@H](O[C@H]2[C@H](O)[C@@H](O)[C@H](OC[C@H]3O[C@@H](OC(=O)[C@]45CCC(C)(C)CC4=C4C=C[C@@H]6[C@@]7(C)CC[C@H](O[C@@H]8O[C@H](CO)[C@@H](O)[C@H](O)[C@H]8O)C(C)(C)[C@@H]7CC[C@@]6(C)[C@]4(C)CC5)[C@H](O)[C@@H](O)[C@@H]3O)O[C@@H]2CO)[C@H](O)[C@H](O)[C@H]1O. The van der Waals surface area contributed by atoms with Gasteiger partial charge in [0.1, 0.15) is 91.6 Å². The predicted molar refractivity (Wildman–Crippen MR) is 261 cm³/mol. The van der Waals surface area contributed by atoms with Crippen molar-refractivity contribution in [1.29, 1.82) is 0 Å². The van der Waals surface area contributed by atoms with E-state index in [1.54, 1.807) is 0 Å². The van der Waals surface area contributed by atoms with Gasteiger partial charge in [-0.1, -0.05) is 60.6 Å². The second-order valence-corrected chi connectivity index (χ2v) is 25.9. The van der Waals surface area contributed by atoms with Crippen LogP contribution in [0.4, 0.5) is 0 Å². The van der Waals surface area contributed by atoms with Crippen molar-refractivity contribution in [3.8, 4) is 0 Å². The number of ether oxygens (including phenoxy) is 8. The number of hydrogen-bond donors (Lipinski definition) is 13. The standard InChI is InChI=1S/C54H86O22/c1-23-32(57)35(60)39(64)45(70-23)75-43-27(21-56)72-44(42(67)38(43)63)69-22-28-34(59)37(62)41(66)47(73-28)76-48(68)54-17-15-49(2,3)19-25(54)24-9-10-30-51(6)13-12-31(74-46-40(65)36(61)33(58)26(20-55)71-46)50(4,5)29(51)11-14-53(30,8)52(24,7)16-18-54/h9-10,23,26-47,55-67H,11-22H2,1-8H3/t23-,26+,27+,28+,29-,30+,31-,32-,33+,34+,35+,36-,37-,38+,39+,40+,41+,42+,43+,44+,45-,46-,47-,51-,52+,53+,54-/m0/s1. The molecule has 0 radical (unpaired) electrons. The van der Waals surface area contributed by atoms with Gasteiger partial charge in [-0.3, -0.25) is 4.79 Å². The number of carbonyl (C=O) groups excluding carboxylic acids is 1. The molecule has 13 N–H and O–H groups in total. The Bertz CT molecular complexity index is 2150. The van der Waals surface area contributed by atoms with E-state index < -0.39 is 159 Å². The molecular formula is C54H86O22. The summed E-state index contributed by atoms with van der Waals surface area (Å²) in [6, 6.07) is 0. The molecule has 7 fully saturated rings. The average molecular weight is 1090 g/mol. The lowest BCUT2D eigenvalue weighted by Gasteiger charge is -2.69. The van der Waals surface area contributed by atoms with Crippen LogP contribution in [0.1, 0.15) is 113 Å². The average Bonchev–Trinajstić information content (AvgIpc) is 3.55. The van der Waals surface area contributed by atoms with Crippen LogP contribution in [-0.4, -0.2) is 221 Å². The van der Waals surface area contributed by atoms with Crippen LogP contribution in [0.25, 0.3) is 0 Å². The normalized spacial score (nSPS) is 52.9. The molecule has 0 spiro atoms. The van der Waals surface area contributed by atoms with Crippen molar-refractivity contribution in [3.63, 3.8) is 0 Å². The molecule has 27 atom stereocenters. The lowest BCUT2D eigenvalue weighted by Crippen LogP contribution is -2.65. The fraction of sp³-hybridized carbons (Fsp3) is 0.907. The van der Waals surface area contributed by atoms with Gasteiger partial charge in [-0.15, -0.1) is 0 Å². The van der Waals surface area contributed by atoms with Gasteiger partial charge in [0.2, 0.25) is 6.29 Å². The number of carbonyl (C=O) groups is 1. The van der Waals surface area contributed by atoms with E-state index in [0.717, 1.165) is 30.4 Å². The monoisotopic (exact) mass is 1090 g/mol. The first kappa shape index (κ1) is 58.8. The van der Waals surface area contributed by atoms with Gasteiger partial charge in [0.25, 0.3) is 0 Å². The second-order valence-electron chi connectivity index (χ2n) is 25.9. The molecule has 4 saturated heterocycles. The van der Waals surface area contributed by atoms with Crippen LogP contribution in [0, 0.1) is 44.3 Å². The van der Waals surface area contributed by atoms with E-state index in [1.807, 2.05) is 0 Å². The summed E-state index contributed by atoms with van der Waals surface area (Å²) in [5, 5.41) is 139. The van der Waals surface area contributed by atoms with Crippen LogP contribution < -0.4 is 0 Å². The number of allylic oxidation sites excluding steroid dienone is 3. The zero-order chi connectivity index (χ0) is 55.6. The molecule has 5 aliphatic carbocycles. The molecule has 3 saturated carbocycles. The Balaban J connectivity index is 0.912. The van der Waals surface area contributed by atoms with Crippen LogP contribution in [0.5, 0.6) is 0 Å². The number of fused-ring (bicyclic) bond motifs is 6. The van der Waals surface area contributed by atoms with Crippen LogP contribution >= 0.6 is 0 Å². The van der Waals surface area contributed by atoms with E-state index in [0.29, 0.717) is 38.5 Å². The van der Waals surface area contributed by atoms with Gasteiger partial charge in [0.15, 0.2) is 18.9 Å². The van der Waals surface area contributed by atoms with Crippen LogP contribution in [-0.2, 0) is 42.7 Å². The maximum absolute atomic E-state index is 15.1. The van der Waals surface area contributed by atoms with Crippen molar-refractivity contribution in [1.82, 2.24) is 0 Å². The minimum Gasteiger partial charge on any atom is -0.432 e. The van der Waals surface area contributed by atoms with Crippen LogP contribution in [0.15, 0.2) is 23.3 Å². The summed E-state index contributed by atoms with van der Waals surface area (Å²) >= 11 is 0. The maximum Gasteiger partial charge on any atom is 0.318 e. The van der Waals surface area contributed by atoms with Crippen molar-refractivity contribution in [2.45, 2.75) is 242 Å². The third kappa shape index (κ3) is 9.49. The Labute approximate surface area is 443 Å². The third-order valence-corrected chi connectivity index (χ3v) is 20.7. The Hall–Kier alpha value is -1.85. The van der Waals surface area contributed by atoms with Gasteiger partial charge in [-0.05, 0) is 115 Å². The molecule has 9 aliphatic rings. The van der Waals surface area contributed by atoms with Gasteiger partial charge >= 0.3 is 5.97 Å². The van der Waals surface area contributed by atoms with Gasteiger partial charge in [-0.25, -0.2) is 0 Å². The predicted octanol–water partition coefficient (Wildman–Crippen LogP) is -1.09. The molecular weight excluding hydrogens is 1000 g/mol. The highest BCUT2D eigenvalue weighted by molar-refractivity contribution is 5.82. The van der Waals surface area contributed by atoms with Crippen molar-refractivity contribution in [2.75, 3.05) is 19.8 Å². The first-order valence-electron chi connectivity index (χ1n) is 27.4. The van der Waals surface area contributed by atoms with Gasteiger partial charge in [0.05, 0.1) is 37.4 Å². The molecule has 0 bridgehead atoms. The van der Waals surface area contributed by atoms with E-state index in [-0.39, 0.29) is 39.6 Å². The maximum atomic E-state index is 15.1. The fourth-order valence-corrected chi connectivity index (χ4v) is 15.7. The molecule has 0 amide bonds. The zero-order valence-electron chi connectivity index (χ0n) is 44.9. The molecule has 0 unspecified atom stereocenters. The van der Waals surface area contributed by atoms with Gasteiger partial charge in [-0.2, -0.15) is 0 Å².